The van der Waals surface area contributed by atoms with Gasteiger partial charge in [-0.2, -0.15) is 4.98 Å². The third-order valence-electron chi connectivity index (χ3n) is 4.53. The van der Waals surface area contributed by atoms with Gasteiger partial charge in [-0.05, 0) is 26.7 Å². The Bertz CT molecular complexity index is 535. The molecule has 0 atom stereocenters. The number of piperazine rings is 1. The highest BCUT2D eigenvalue weighted by Crippen LogP contribution is 2.28. The van der Waals surface area contributed by atoms with Gasteiger partial charge in [0.2, 0.25) is 11.9 Å². The number of carbonyl (C=O) groups excluding carboxylic acids is 1. The first kappa shape index (κ1) is 15.1. The highest BCUT2D eigenvalue weighted by molar-refractivity contribution is 5.79. The first-order chi connectivity index (χ1) is 10.7. The van der Waals surface area contributed by atoms with E-state index in [1.807, 2.05) is 17.9 Å². The van der Waals surface area contributed by atoms with Gasteiger partial charge in [0.1, 0.15) is 5.82 Å². The lowest BCUT2D eigenvalue weighted by Gasteiger charge is -2.38. The van der Waals surface area contributed by atoms with E-state index in [2.05, 4.69) is 27.1 Å². The van der Waals surface area contributed by atoms with Gasteiger partial charge in [0.15, 0.2) is 0 Å². The van der Waals surface area contributed by atoms with Crippen LogP contribution in [0.5, 0.6) is 0 Å². The minimum atomic E-state index is 0.294. The summed E-state index contributed by atoms with van der Waals surface area (Å²) >= 11 is 0. The number of amides is 1. The molecule has 6 heteroatoms. The Morgan fingerprint density at radius 1 is 1.27 bits per heavy atom. The van der Waals surface area contributed by atoms with Crippen LogP contribution in [0, 0.1) is 12.8 Å². The minimum Gasteiger partial charge on any atom is -0.370 e. The van der Waals surface area contributed by atoms with Crippen molar-refractivity contribution < 1.29 is 4.79 Å². The van der Waals surface area contributed by atoms with Gasteiger partial charge in [0, 0.05) is 50.4 Å². The molecule has 6 nitrogen and oxygen atoms in total. The lowest BCUT2D eigenvalue weighted by molar-refractivity contribution is -0.138. The van der Waals surface area contributed by atoms with E-state index < -0.39 is 0 Å². The number of carbonyl (C=O) groups is 1. The van der Waals surface area contributed by atoms with Crippen LogP contribution in [0.2, 0.25) is 0 Å². The summed E-state index contributed by atoms with van der Waals surface area (Å²) in [6, 6.07) is 1.96. The lowest BCUT2D eigenvalue weighted by Crippen LogP contribution is -2.51. The van der Waals surface area contributed by atoms with Crippen molar-refractivity contribution >= 4 is 17.7 Å². The van der Waals surface area contributed by atoms with Crippen molar-refractivity contribution in [3.8, 4) is 0 Å². The summed E-state index contributed by atoms with van der Waals surface area (Å²) in [6.45, 7) is 8.08. The molecule has 1 aliphatic carbocycles. The van der Waals surface area contributed by atoms with Crippen molar-refractivity contribution in [2.45, 2.75) is 33.1 Å². The Labute approximate surface area is 131 Å². The molecule has 2 fully saturated rings. The van der Waals surface area contributed by atoms with E-state index in [-0.39, 0.29) is 0 Å². The Morgan fingerprint density at radius 3 is 2.59 bits per heavy atom. The van der Waals surface area contributed by atoms with E-state index in [0.29, 0.717) is 11.8 Å². The van der Waals surface area contributed by atoms with Crippen LogP contribution in [0.1, 0.15) is 31.9 Å². The third-order valence-corrected chi connectivity index (χ3v) is 4.53. The smallest absolute Gasteiger partial charge is 0.227 e. The van der Waals surface area contributed by atoms with Gasteiger partial charge in [0.25, 0.3) is 0 Å². The maximum atomic E-state index is 12.3. The Kier molecular flexibility index (Phi) is 4.45. The maximum absolute atomic E-state index is 12.3. The predicted molar refractivity (Wildman–Crippen MR) is 87.1 cm³/mol. The lowest BCUT2D eigenvalue weighted by atomic mass is 9.84. The van der Waals surface area contributed by atoms with Gasteiger partial charge in [-0.1, -0.05) is 6.42 Å². The molecule has 2 heterocycles. The van der Waals surface area contributed by atoms with E-state index in [9.17, 15) is 4.79 Å². The van der Waals surface area contributed by atoms with Crippen molar-refractivity contribution in [2.75, 3.05) is 42.9 Å². The van der Waals surface area contributed by atoms with Crippen molar-refractivity contribution in [3.63, 3.8) is 0 Å². The monoisotopic (exact) mass is 303 g/mol. The molecular weight excluding hydrogens is 278 g/mol. The van der Waals surface area contributed by atoms with E-state index in [1.165, 1.54) is 6.42 Å². The van der Waals surface area contributed by atoms with Crippen LogP contribution >= 0.6 is 0 Å². The van der Waals surface area contributed by atoms with E-state index in [4.69, 9.17) is 0 Å². The highest BCUT2D eigenvalue weighted by atomic mass is 16.2. The number of nitrogens with one attached hydrogen (secondary N) is 1. The molecule has 1 saturated heterocycles. The molecule has 1 aromatic rings. The standard InChI is InChI=1S/C16H25N5O/c1-3-17-14-11-12(2)18-16(19-14)21-9-7-20(8-10-21)15(22)13-5-4-6-13/h11,13H,3-10H2,1-2H3,(H,17,18,19). The average Bonchev–Trinajstić information content (AvgIpc) is 2.45. The fourth-order valence-corrected chi connectivity index (χ4v) is 3.01. The molecule has 0 radical (unpaired) electrons. The van der Waals surface area contributed by atoms with Crippen LogP contribution in [0.25, 0.3) is 0 Å². The summed E-state index contributed by atoms with van der Waals surface area (Å²) in [5.41, 5.74) is 0.967. The van der Waals surface area contributed by atoms with Crippen LogP contribution in [-0.4, -0.2) is 53.5 Å². The quantitative estimate of drug-likeness (QED) is 0.917. The molecule has 1 N–H and O–H groups in total. The number of rotatable bonds is 4. The second kappa shape index (κ2) is 6.50. The topological polar surface area (TPSA) is 61.4 Å². The molecule has 0 spiro atoms. The number of aryl methyl sites for hydroxylation is 1. The average molecular weight is 303 g/mol. The Balaban J connectivity index is 1.62. The van der Waals surface area contributed by atoms with Gasteiger partial charge in [-0.3, -0.25) is 4.79 Å². The van der Waals surface area contributed by atoms with Gasteiger partial charge in [0.05, 0.1) is 0 Å². The van der Waals surface area contributed by atoms with Crippen molar-refractivity contribution in [1.29, 1.82) is 0 Å². The molecular formula is C16H25N5O. The summed E-state index contributed by atoms with van der Waals surface area (Å²) in [5, 5.41) is 3.24. The molecule has 1 amide bonds. The Morgan fingerprint density at radius 2 is 2.00 bits per heavy atom. The van der Waals surface area contributed by atoms with Gasteiger partial charge in [-0.15, -0.1) is 0 Å². The zero-order valence-corrected chi connectivity index (χ0v) is 13.5. The molecule has 22 heavy (non-hydrogen) atoms. The maximum Gasteiger partial charge on any atom is 0.227 e. The fourth-order valence-electron chi connectivity index (χ4n) is 3.01. The molecule has 0 bridgehead atoms. The van der Waals surface area contributed by atoms with Crippen LogP contribution < -0.4 is 10.2 Å². The van der Waals surface area contributed by atoms with Crippen molar-refractivity contribution in [3.05, 3.63) is 11.8 Å². The molecule has 3 rings (SSSR count). The third kappa shape index (κ3) is 3.15. The number of aromatic nitrogens is 2. The van der Waals surface area contributed by atoms with E-state index in [0.717, 1.165) is 63.0 Å². The normalized spacial score (nSPS) is 19.0. The second-order valence-electron chi connectivity index (χ2n) is 6.17. The van der Waals surface area contributed by atoms with Crippen LogP contribution in [-0.2, 0) is 4.79 Å². The molecule has 1 saturated carbocycles. The van der Waals surface area contributed by atoms with E-state index in [1.54, 1.807) is 0 Å². The van der Waals surface area contributed by atoms with Crippen molar-refractivity contribution in [2.24, 2.45) is 5.92 Å². The first-order valence-corrected chi connectivity index (χ1v) is 8.30. The Hall–Kier alpha value is -1.85. The molecule has 0 aromatic carbocycles. The first-order valence-electron chi connectivity index (χ1n) is 8.30. The molecule has 2 aliphatic rings. The van der Waals surface area contributed by atoms with Crippen LogP contribution in [0.3, 0.4) is 0 Å². The van der Waals surface area contributed by atoms with Crippen LogP contribution in [0.4, 0.5) is 11.8 Å². The number of anilines is 2. The van der Waals surface area contributed by atoms with Gasteiger partial charge < -0.3 is 15.1 Å². The summed E-state index contributed by atoms with van der Waals surface area (Å²) in [5.74, 6) is 2.29. The molecule has 1 aliphatic heterocycles. The zero-order valence-electron chi connectivity index (χ0n) is 13.5. The number of hydrogen-bond donors (Lipinski definition) is 1. The largest absolute Gasteiger partial charge is 0.370 e. The highest BCUT2D eigenvalue weighted by Gasteiger charge is 2.31. The van der Waals surface area contributed by atoms with E-state index >= 15 is 0 Å². The van der Waals surface area contributed by atoms with Gasteiger partial charge in [-0.25, -0.2) is 4.98 Å². The fraction of sp³-hybridized carbons (Fsp3) is 0.688. The molecule has 0 unspecified atom stereocenters. The van der Waals surface area contributed by atoms with Crippen LogP contribution in [0.15, 0.2) is 6.07 Å². The number of hydrogen-bond acceptors (Lipinski definition) is 5. The second-order valence-corrected chi connectivity index (χ2v) is 6.17. The predicted octanol–water partition coefficient (Wildman–Crippen LogP) is 1.67. The van der Waals surface area contributed by atoms with Crippen molar-refractivity contribution in [1.82, 2.24) is 14.9 Å². The zero-order chi connectivity index (χ0) is 15.5. The summed E-state index contributed by atoms with van der Waals surface area (Å²) in [6.07, 6.45) is 3.36. The van der Waals surface area contributed by atoms with Gasteiger partial charge >= 0.3 is 0 Å². The molecule has 120 valence electrons. The SMILES string of the molecule is CCNc1cc(C)nc(N2CCN(C(=O)C3CCC3)CC2)n1. The summed E-state index contributed by atoms with van der Waals surface area (Å²) in [4.78, 5) is 25.6. The minimum absolute atomic E-state index is 0.294. The number of nitrogens with zero attached hydrogens (tertiary/aromatic N) is 4. The summed E-state index contributed by atoms with van der Waals surface area (Å²) < 4.78 is 0. The molecule has 1 aromatic heterocycles. The summed E-state index contributed by atoms with van der Waals surface area (Å²) in [7, 11) is 0.